The largest absolute Gasteiger partial charge is 0.494 e. The van der Waals surface area contributed by atoms with Crippen molar-refractivity contribution in [1.29, 1.82) is 0 Å². The summed E-state index contributed by atoms with van der Waals surface area (Å²) in [6.45, 7) is 6.44. The third kappa shape index (κ3) is 3.82. The van der Waals surface area contributed by atoms with Crippen molar-refractivity contribution in [2.75, 3.05) is 23.9 Å². The quantitative estimate of drug-likeness (QED) is 0.890. The standard InChI is InChI=1S/C17H25N3O3/c1-17(2,3)15(18)16(22)19-11-7-8-12(13(10-11)23-4)20-9-5-6-14(20)21/h7-8,10,15H,5-6,9,18H2,1-4H3,(H,19,22)/t15-/m1/s1. The lowest BCUT2D eigenvalue weighted by Gasteiger charge is -2.26. The van der Waals surface area contributed by atoms with Crippen LogP contribution in [-0.2, 0) is 9.59 Å². The lowest BCUT2D eigenvalue weighted by atomic mass is 9.87. The zero-order chi connectivity index (χ0) is 17.2. The third-order valence-electron chi connectivity index (χ3n) is 4.03. The number of nitrogens with one attached hydrogen (secondary N) is 1. The van der Waals surface area contributed by atoms with Gasteiger partial charge in [0.15, 0.2) is 0 Å². The Hall–Kier alpha value is -2.08. The number of hydrogen-bond acceptors (Lipinski definition) is 4. The molecule has 0 aromatic heterocycles. The number of ether oxygens (including phenoxy) is 1. The highest BCUT2D eigenvalue weighted by Gasteiger charge is 2.28. The molecule has 0 radical (unpaired) electrons. The molecule has 0 aliphatic carbocycles. The van der Waals surface area contributed by atoms with Crippen molar-refractivity contribution in [2.24, 2.45) is 11.1 Å². The van der Waals surface area contributed by atoms with Gasteiger partial charge in [-0.3, -0.25) is 9.59 Å². The van der Waals surface area contributed by atoms with Crippen LogP contribution in [0.1, 0.15) is 33.6 Å². The lowest BCUT2D eigenvalue weighted by Crippen LogP contribution is -2.45. The first-order valence-electron chi connectivity index (χ1n) is 7.79. The van der Waals surface area contributed by atoms with Crippen LogP contribution in [0.15, 0.2) is 18.2 Å². The Labute approximate surface area is 137 Å². The third-order valence-corrected chi connectivity index (χ3v) is 4.03. The molecule has 1 aliphatic rings. The number of benzene rings is 1. The monoisotopic (exact) mass is 319 g/mol. The number of amides is 2. The van der Waals surface area contributed by atoms with E-state index in [1.54, 1.807) is 30.2 Å². The van der Waals surface area contributed by atoms with Crippen molar-refractivity contribution in [3.63, 3.8) is 0 Å². The van der Waals surface area contributed by atoms with Crippen LogP contribution in [0.5, 0.6) is 5.75 Å². The van der Waals surface area contributed by atoms with E-state index in [1.165, 1.54) is 0 Å². The second kappa shape index (κ2) is 6.58. The summed E-state index contributed by atoms with van der Waals surface area (Å²) < 4.78 is 5.38. The number of hydrogen-bond donors (Lipinski definition) is 2. The first-order chi connectivity index (χ1) is 10.7. The summed E-state index contributed by atoms with van der Waals surface area (Å²) in [6.07, 6.45) is 1.41. The molecular weight excluding hydrogens is 294 g/mol. The highest BCUT2D eigenvalue weighted by atomic mass is 16.5. The molecule has 0 unspecified atom stereocenters. The van der Waals surface area contributed by atoms with Crippen LogP contribution in [0, 0.1) is 5.41 Å². The smallest absolute Gasteiger partial charge is 0.241 e. The molecule has 0 saturated carbocycles. The van der Waals surface area contributed by atoms with Gasteiger partial charge < -0.3 is 20.7 Å². The maximum atomic E-state index is 12.2. The molecule has 6 heteroatoms. The van der Waals surface area contributed by atoms with Gasteiger partial charge in [-0.2, -0.15) is 0 Å². The first-order valence-corrected chi connectivity index (χ1v) is 7.79. The predicted octanol–water partition coefficient (Wildman–Crippen LogP) is 2.13. The molecule has 126 valence electrons. The zero-order valence-corrected chi connectivity index (χ0v) is 14.2. The van der Waals surface area contributed by atoms with E-state index in [0.29, 0.717) is 24.4 Å². The predicted molar refractivity (Wildman–Crippen MR) is 90.6 cm³/mol. The van der Waals surface area contributed by atoms with Gasteiger partial charge in [0.2, 0.25) is 11.8 Å². The molecule has 1 atom stereocenters. The minimum Gasteiger partial charge on any atom is -0.494 e. The SMILES string of the molecule is COc1cc(NC(=O)[C@@H](N)C(C)(C)C)ccc1N1CCCC1=O. The van der Waals surface area contributed by atoms with E-state index in [9.17, 15) is 9.59 Å². The summed E-state index contributed by atoms with van der Waals surface area (Å²) in [6, 6.07) is 4.65. The van der Waals surface area contributed by atoms with E-state index < -0.39 is 6.04 Å². The minimum absolute atomic E-state index is 0.0924. The molecule has 1 aromatic carbocycles. The highest BCUT2D eigenvalue weighted by molar-refractivity contribution is 5.98. The van der Waals surface area contributed by atoms with Gasteiger partial charge in [0.1, 0.15) is 5.75 Å². The molecule has 1 fully saturated rings. The Bertz CT molecular complexity index is 608. The van der Waals surface area contributed by atoms with Gasteiger partial charge >= 0.3 is 0 Å². The van der Waals surface area contributed by atoms with Gasteiger partial charge in [-0.1, -0.05) is 20.8 Å². The molecule has 0 spiro atoms. The highest BCUT2D eigenvalue weighted by Crippen LogP contribution is 2.34. The van der Waals surface area contributed by atoms with E-state index in [1.807, 2.05) is 20.8 Å². The van der Waals surface area contributed by atoms with Gasteiger partial charge in [-0.05, 0) is 24.0 Å². The Morgan fingerprint density at radius 1 is 1.39 bits per heavy atom. The zero-order valence-electron chi connectivity index (χ0n) is 14.2. The van der Waals surface area contributed by atoms with Crippen molar-refractivity contribution in [3.8, 4) is 5.75 Å². The van der Waals surface area contributed by atoms with E-state index >= 15 is 0 Å². The number of rotatable bonds is 4. The number of nitrogens with zero attached hydrogens (tertiary/aromatic N) is 1. The van der Waals surface area contributed by atoms with Crippen molar-refractivity contribution >= 4 is 23.2 Å². The molecule has 2 rings (SSSR count). The van der Waals surface area contributed by atoms with Crippen molar-refractivity contribution < 1.29 is 14.3 Å². The van der Waals surface area contributed by atoms with E-state index in [0.717, 1.165) is 12.1 Å². The van der Waals surface area contributed by atoms with Crippen LogP contribution in [0.4, 0.5) is 11.4 Å². The molecule has 1 heterocycles. The molecule has 6 nitrogen and oxygen atoms in total. The molecule has 1 aliphatic heterocycles. The number of carbonyl (C=O) groups is 2. The average molecular weight is 319 g/mol. The lowest BCUT2D eigenvalue weighted by molar-refractivity contribution is -0.119. The van der Waals surface area contributed by atoms with Crippen molar-refractivity contribution in [3.05, 3.63) is 18.2 Å². The summed E-state index contributed by atoms with van der Waals surface area (Å²) in [7, 11) is 1.55. The number of carbonyl (C=O) groups excluding carboxylic acids is 2. The van der Waals surface area contributed by atoms with Crippen LogP contribution in [0.3, 0.4) is 0 Å². The number of anilines is 2. The molecular formula is C17H25N3O3. The second-order valence-electron chi connectivity index (χ2n) is 6.87. The second-order valence-corrected chi connectivity index (χ2v) is 6.87. The molecule has 1 saturated heterocycles. The molecule has 1 aromatic rings. The number of methoxy groups -OCH3 is 1. The van der Waals surface area contributed by atoms with Gasteiger partial charge in [0.25, 0.3) is 0 Å². The summed E-state index contributed by atoms with van der Waals surface area (Å²) in [5.74, 6) is 0.404. The fourth-order valence-electron chi connectivity index (χ4n) is 2.49. The van der Waals surface area contributed by atoms with Gasteiger partial charge in [0.05, 0.1) is 18.8 Å². The fourth-order valence-corrected chi connectivity index (χ4v) is 2.49. The molecule has 3 N–H and O–H groups in total. The van der Waals surface area contributed by atoms with Crippen LogP contribution in [0.25, 0.3) is 0 Å². The van der Waals surface area contributed by atoms with Crippen LogP contribution >= 0.6 is 0 Å². The van der Waals surface area contributed by atoms with Gasteiger partial charge in [-0.15, -0.1) is 0 Å². The Morgan fingerprint density at radius 2 is 2.09 bits per heavy atom. The van der Waals surface area contributed by atoms with E-state index in [-0.39, 0.29) is 17.2 Å². The number of nitrogens with two attached hydrogens (primary N) is 1. The Balaban J connectivity index is 2.19. The van der Waals surface area contributed by atoms with E-state index in [4.69, 9.17) is 10.5 Å². The van der Waals surface area contributed by atoms with Gasteiger partial charge in [0, 0.05) is 24.7 Å². The summed E-state index contributed by atoms with van der Waals surface area (Å²) in [5, 5.41) is 2.80. The maximum absolute atomic E-state index is 12.2. The van der Waals surface area contributed by atoms with Crippen LogP contribution in [-0.4, -0.2) is 31.5 Å². The summed E-state index contributed by atoms with van der Waals surface area (Å²) in [5.41, 5.74) is 6.97. The molecule has 2 amide bonds. The van der Waals surface area contributed by atoms with E-state index in [2.05, 4.69) is 5.32 Å². The van der Waals surface area contributed by atoms with Gasteiger partial charge in [-0.25, -0.2) is 0 Å². The van der Waals surface area contributed by atoms with Crippen molar-refractivity contribution in [2.45, 2.75) is 39.7 Å². The summed E-state index contributed by atoms with van der Waals surface area (Å²) in [4.78, 5) is 25.8. The van der Waals surface area contributed by atoms with Crippen LogP contribution in [0.2, 0.25) is 0 Å². The molecule has 0 bridgehead atoms. The first kappa shape index (κ1) is 17.3. The Morgan fingerprint density at radius 3 is 2.61 bits per heavy atom. The molecule has 23 heavy (non-hydrogen) atoms. The normalized spacial score (nSPS) is 16.4. The topological polar surface area (TPSA) is 84.7 Å². The Kier molecular flexibility index (Phi) is 4.94. The fraction of sp³-hybridized carbons (Fsp3) is 0.529. The van der Waals surface area contributed by atoms with Crippen molar-refractivity contribution in [1.82, 2.24) is 0 Å². The summed E-state index contributed by atoms with van der Waals surface area (Å²) >= 11 is 0. The average Bonchev–Trinajstić information content (AvgIpc) is 2.91. The van der Waals surface area contributed by atoms with Crippen LogP contribution < -0.4 is 20.7 Å². The minimum atomic E-state index is -0.617. The maximum Gasteiger partial charge on any atom is 0.241 e.